The average Bonchev–Trinajstić information content (AvgIpc) is 3.36. The lowest BCUT2D eigenvalue weighted by Gasteiger charge is -2.18. The molecule has 7 nitrogen and oxygen atoms in total. The van der Waals surface area contributed by atoms with Crippen LogP contribution in [0.4, 0.5) is 0 Å². The second-order valence-corrected chi connectivity index (χ2v) is 11.3. The van der Waals surface area contributed by atoms with E-state index in [1.54, 1.807) is 23.3 Å². The first-order valence-electron chi connectivity index (χ1n) is 10.1. The molecule has 0 radical (unpaired) electrons. The highest BCUT2D eigenvalue weighted by atomic mass is 32.2. The van der Waals surface area contributed by atoms with Gasteiger partial charge in [-0.2, -0.15) is 5.10 Å². The fraction of sp³-hybridized carbons (Fsp3) is 0.476. The van der Waals surface area contributed by atoms with Crippen molar-refractivity contribution in [3.63, 3.8) is 0 Å². The standard InChI is InChI=1S/C21H26N4O3S2/c1-14-17(15(2)25(23-14)16-10-11-30(27,28)13-16)12-24(3)21(26)9-8-20-22-18-6-4-5-7-19(18)29-20/h4-7,16H,8-13H2,1-3H3/t16-/m0/s1. The molecule has 4 rings (SSSR count). The fourth-order valence-corrected chi connectivity index (χ4v) is 6.67. The van der Waals surface area contributed by atoms with Crippen LogP contribution >= 0.6 is 11.3 Å². The van der Waals surface area contributed by atoms with Gasteiger partial charge < -0.3 is 4.90 Å². The monoisotopic (exact) mass is 446 g/mol. The number of hydrogen-bond donors (Lipinski definition) is 0. The summed E-state index contributed by atoms with van der Waals surface area (Å²) in [7, 11) is -1.17. The predicted octanol–water partition coefficient (Wildman–Crippen LogP) is 3.06. The van der Waals surface area contributed by atoms with Crippen LogP contribution in [-0.2, 0) is 27.6 Å². The summed E-state index contributed by atoms with van der Waals surface area (Å²) in [6, 6.07) is 7.89. The van der Waals surface area contributed by atoms with Gasteiger partial charge in [0.1, 0.15) is 0 Å². The van der Waals surface area contributed by atoms with E-state index in [1.807, 2.05) is 42.8 Å². The molecule has 9 heteroatoms. The number of sulfone groups is 1. The van der Waals surface area contributed by atoms with Crippen molar-refractivity contribution < 1.29 is 13.2 Å². The number of fused-ring (bicyclic) bond motifs is 1. The molecular formula is C21H26N4O3S2. The molecule has 0 saturated carbocycles. The molecule has 2 aromatic heterocycles. The molecule has 1 aliphatic heterocycles. The molecule has 0 bridgehead atoms. The third-order valence-corrected chi connectivity index (χ3v) is 8.59. The third-order valence-electron chi connectivity index (χ3n) is 5.74. The van der Waals surface area contributed by atoms with Crippen LogP contribution in [-0.4, -0.2) is 52.5 Å². The van der Waals surface area contributed by atoms with Gasteiger partial charge in [-0.25, -0.2) is 13.4 Å². The highest BCUT2D eigenvalue weighted by molar-refractivity contribution is 7.91. The summed E-state index contributed by atoms with van der Waals surface area (Å²) in [4.78, 5) is 19.0. The highest BCUT2D eigenvalue weighted by Gasteiger charge is 2.31. The molecule has 1 fully saturated rings. The molecule has 0 aliphatic carbocycles. The largest absolute Gasteiger partial charge is 0.341 e. The smallest absolute Gasteiger partial charge is 0.223 e. The van der Waals surface area contributed by atoms with Crippen molar-refractivity contribution in [2.24, 2.45) is 0 Å². The van der Waals surface area contributed by atoms with Gasteiger partial charge in [-0.15, -0.1) is 11.3 Å². The minimum absolute atomic E-state index is 0.0595. The number of benzene rings is 1. The van der Waals surface area contributed by atoms with Crippen molar-refractivity contribution in [1.82, 2.24) is 19.7 Å². The minimum Gasteiger partial charge on any atom is -0.341 e. The van der Waals surface area contributed by atoms with Gasteiger partial charge in [0.05, 0.1) is 38.5 Å². The van der Waals surface area contributed by atoms with E-state index in [9.17, 15) is 13.2 Å². The molecule has 3 aromatic rings. The van der Waals surface area contributed by atoms with Crippen LogP contribution in [0, 0.1) is 13.8 Å². The van der Waals surface area contributed by atoms with E-state index in [-0.39, 0.29) is 23.5 Å². The van der Waals surface area contributed by atoms with Gasteiger partial charge in [0.25, 0.3) is 0 Å². The summed E-state index contributed by atoms with van der Waals surface area (Å²) >= 11 is 1.63. The highest BCUT2D eigenvalue weighted by Crippen LogP contribution is 2.27. The van der Waals surface area contributed by atoms with E-state index in [1.165, 1.54) is 0 Å². The number of rotatable bonds is 6. The molecule has 0 unspecified atom stereocenters. The number of carbonyl (C=O) groups is 1. The van der Waals surface area contributed by atoms with E-state index in [0.717, 1.165) is 32.2 Å². The molecule has 1 amide bonds. The lowest BCUT2D eigenvalue weighted by molar-refractivity contribution is -0.130. The Morgan fingerprint density at radius 1 is 1.30 bits per heavy atom. The summed E-state index contributed by atoms with van der Waals surface area (Å²) in [6.45, 7) is 4.34. The van der Waals surface area contributed by atoms with Gasteiger partial charge in [0, 0.05) is 37.7 Å². The lowest BCUT2D eigenvalue weighted by atomic mass is 10.1. The Labute approximate surface area is 180 Å². The van der Waals surface area contributed by atoms with Gasteiger partial charge in [0.15, 0.2) is 9.84 Å². The molecule has 160 valence electrons. The number of hydrogen-bond acceptors (Lipinski definition) is 6. The van der Waals surface area contributed by atoms with Crippen molar-refractivity contribution >= 4 is 37.3 Å². The van der Waals surface area contributed by atoms with Gasteiger partial charge >= 0.3 is 0 Å². The van der Waals surface area contributed by atoms with Gasteiger partial charge in [-0.3, -0.25) is 9.48 Å². The van der Waals surface area contributed by atoms with E-state index in [0.29, 0.717) is 25.8 Å². The van der Waals surface area contributed by atoms with Gasteiger partial charge in [-0.05, 0) is 32.4 Å². The van der Waals surface area contributed by atoms with Crippen LogP contribution in [0.15, 0.2) is 24.3 Å². The van der Waals surface area contributed by atoms with E-state index < -0.39 is 9.84 Å². The summed E-state index contributed by atoms with van der Waals surface area (Å²) < 4.78 is 26.6. The Balaban J connectivity index is 1.40. The van der Waals surface area contributed by atoms with E-state index in [2.05, 4.69) is 10.1 Å². The Kier molecular flexibility index (Phi) is 5.67. The average molecular weight is 447 g/mol. The minimum atomic E-state index is -2.97. The quantitative estimate of drug-likeness (QED) is 0.581. The number of nitrogens with zero attached hydrogens (tertiary/aromatic N) is 4. The molecule has 30 heavy (non-hydrogen) atoms. The van der Waals surface area contributed by atoms with Crippen molar-refractivity contribution in [3.8, 4) is 0 Å². The SMILES string of the molecule is Cc1nn([C@H]2CCS(=O)(=O)C2)c(C)c1CN(C)C(=O)CCc1nc2ccccc2s1. The van der Waals surface area contributed by atoms with Crippen molar-refractivity contribution in [2.75, 3.05) is 18.6 Å². The Morgan fingerprint density at radius 3 is 2.77 bits per heavy atom. The molecule has 0 N–H and O–H groups in total. The lowest BCUT2D eigenvalue weighted by Crippen LogP contribution is -2.27. The second kappa shape index (κ2) is 8.11. The zero-order chi connectivity index (χ0) is 21.5. The first-order valence-corrected chi connectivity index (χ1v) is 12.7. The molecule has 1 saturated heterocycles. The van der Waals surface area contributed by atoms with Crippen LogP contribution < -0.4 is 0 Å². The summed E-state index contributed by atoms with van der Waals surface area (Å²) in [5.74, 6) is 0.421. The number of carbonyl (C=O) groups excluding carboxylic acids is 1. The molecule has 0 spiro atoms. The normalized spacial score (nSPS) is 18.2. The van der Waals surface area contributed by atoms with E-state index >= 15 is 0 Å². The van der Waals surface area contributed by atoms with Crippen LogP contribution in [0.2, 0.25) is 0 Å². The van der Waals surface area contributed by atoms with E-state index in [4.69, 9.17) is 0 Å². The van der Waals surface area contributed by atoms with Crippen molar-refractivity contribution in [3.05, 3.63) is 46.2 Å². The topological polar surface area (TPSA) is 85.2 Å². The summed E-state index contributed by atoms with van der Waals surface area (Å²) in [5.41, 5.74) is 3.77. The first-order chi connectivity index (χ1) is 14.2. The fourth-order valence-electron chi connectivity index (χ4n) is 4.01. The molecule has 1 aliphatic rings. The van der Waals surface area contributed by atoms with Crippen molar-refractivity contribution in [2.45, 2.75) is 45.7 Å². The predicted molar refractivity (Wildman–Crippen MR) is 118 cm³/mol. The second-order valence-electron chi connectivity index (χ2n) is 7.98. The van der Waals surface area contributed by atoms with Crippen LogP contribution in [0.25, 0.3) is 10.2 Å². The Morgan fingerprint density at radius 2 is 2.07 bits per heavy atom. The third kappa shape index (κ3) is 4.27. The molecular weight excluding hydrogens is 420 g/mol. The number of aryl methyl sites for hydroxylation is 2. The number of para-hydroxylation sites is 1. The Hall–Kier alpha value is -2.26. The van der Waals surface area contributed by atoms with Crippen molar-refractivity contribution in [1.29, 1.82) is 0 Å². The maximum Gasteiger partial charge on any atom is 0.223 e. The summed E-state index contributed by atoms with van der Waals surface area (Å²) in [5, 5.41) is 5.57. The van der Waals surface area contributed by atoms with Crippen LogP contribution in [0.1, 0.15) is 40.8 Å². The maximum atomic E-state index is 12.7. The number of thiazole rings is 1. The summed E-state index contributed by atoms with van der Waals surface area (Å²) in [6.07, 6.45) is 1.63. The molecule has 3 heterocycles. The molecule has 1 aromatic carbocycles. The number of aromatic nitrogens is 3. The maximum absolute atomic E-state index is 12.7. The van der Waals surface area contributed by atoms with Crippen LogP contribution in [0.5, 0.6) is 0 Å². The zero-order valence-electron chi connectivity index (χ0n) is 17.5. The van der Waals surface area contributed by atoms with Crippen LogP contribution in [0.3, 0.4) is 0 Å². The zero-order valence-corrected chi connectivity index (χ0v) is 19.1. The first kappa shape index (κ1) is 21.0. The van der Waals surface area contributed by atoms with Gasteiger partial charge in [0.2, 0.25) is 5.91 Å². The Bertz CT molecular complexity index is 1160. The number of amides is 1. The van der Waals surface area contributed by atoms with Gasteiger partial charge in [-0.1, -0.05) is 12.1 Å². The molecule has 1 atom stereocenters.